The summed E-state index contributed by atoms with van der Waals surface area (Å²) in [5.74, 6) is 0.875. The molecule has 0 saturated heterocycles. The third kappa shape index (κ3) is 6.13. The van der Waals surface area contributed by atoms with E-state index in [1.807, 2.05) is 0 Å². The summed E-state index contributed by atoms with van der Waals surface area (Å²) < 4.78 is 0. The van der Waals surface area contributed by atoms with E-state index in [9.17, 15) is 0 Å². The molecule has 0 amide bonds. The Morgan fingerprint density at radius 3 is 1.78 bits per heavy atom. The van der Waals surface area contributed by atoms with Gasteiger partial charge >= 0.3 is 0 Å². The fraction of sp³-hybridized carbons (Fsp3) is 1.00. The summed E-state index contributed by atoms with van der Waals surface area (Å²) in [7, 11) is 0. The van der Waals surface area contributed by atoms with E-state index in [1.54, 1.807) is 0 Å². The van der Waals surface area contributed by atoms with E-state index in [2.05, 4.69) is 13.8 Å². The minimum atomic E-state index is 0. The topological polar surface area (TPSA) is 26.0 Å². The molecule has 0 aromatic rings. The van der Waals surface area contributed by atoms with Crippen LogP contribution in [0.5, 0.6) is 0 Å². The van der Waals surface area contributed by atoms with Crippen molar-refractivity contribution in [3.8, 4) is 0 Å². The number of hydrogen-bond donors (Lipinski definition) is 1. The Bertz CT molecular complexity index is 44.2. The van der Waals surface area contributed by atoms with E-state index >= 15 is 0 Å². The highest BCUT2D eigenvalue weighted by molar-refractivity contribution is 5.85. The Labute approximate surface area is 64.4 Å². The van der Waals surface area contributed by atoms with Crippen LogP contribution in [0.3, 0.4) is 0 Å². The molecule has 9 heavy (non-hydrogen) atoms. The summed E-state index contributed by atoms with van der Waals surface area (Å²) in [6, 6.07) is 0. The molecule has 0 saturated carbocycles. The fourth-order valence-electron chi connectivity index (χ4n) is 0.933. The maximum Gasteiger partial charge on any atom is -0.00746 e. The zero-order chi connectivity index (χ0) is 6.41. The molecule has 58 valence electrons. The molecule has 0 aliphatic carbocycles. The molecule has 0 atom stereocenters. The average molecular weight is 152 g/mol. The number of hydrogen-bond acceptors (Lipinski definition) is 1. The van der Waals surface area contributed by atoms with E-state index in [4.69, 9.17) is 5.73 Å². The number of rotatable bonds is 4. The molecule has 0 spiro atoms. The molecule has 0 radical (unpaired) electrons. The third-order valence-corrected chi connectivity index (χ3v) is 1.73. The fourth-order valence-corrected chi connectivity index (χ4v) is 0.933. The van der Waals surface area contributed by atoms with Crippen molar-refractivity contribution < 1.29 is 0 Å². The molecule has 0 aliphatic heterocycles. The van der Waals surface area contributed by atoms with Crippen LogP contribution >= 0.6 is 12.4 Å². The summed E-state index contributed by atoms with van der Waals surface area (Å²) in [4.78, 5) is 0. The van der Waals surface area contributed by atoms with Crippen molar-refractivity contribution in [2.45, 2.75) is 33.1 Å². The van der Waals surface area contributed by atoms with Gasteiger partial charge in [-0.3, -0.25) is 0 Å². The van der Waals surface area contributed by atoms with Crippen molar-refractivity contribution in [3.63, 3.8) is 0 Å². The lowest BCUT2D eigenvalue weighted by Gasteiger charge is -2.08. The highest BCUT2D eigenvalue weighted by Gasteiger charge is 1.98. The maximum absolute atomic E-state index is 5.38. The van der Waals surface area contributed by atoms with Crippen molar-refractivity contribution in [2.24, 2.45) is 11.7 Å². The minimum absolute atomic E-state index is 0. The number of nitrogens with two attached hydrogens (primary N) is 1. The molecule has 0 aromatic heterocycles. The molecule has 0 fully saturated rings. The predicted octanol–water partition coefficient (Wildman–Crippen LogP) is 2.19. The van der Waals surface area contributed by atoms with Crippen molar-refractivity contribution in [2.75, 3.05) is 6.54 Å². The standard InChI is InChI=1S/C7H17N.ClH/c1-3-7(4-2)5-6-8;/h7H,3-6,8H2,1-2H3;1H. The average Bonchev–Trinajstić information content (AvgIpc) is 1.83. The molecule has 0 heterocycles. The Balaban J connectivity index is 0. The molecule has 2 heteroatoms. The Hall–Kier alpha value is 0.250. The lowest BCUT2D eigenvalue weighted by Crippen LogP contribution is -2.06. The van der Waals surface area contributed by atoms with Gasteiger partial charge in [-0.05, 0) is 18.9 Å². The van der Waals surface area contributed by atoms with Crippen molar-refractivity contribution >= 4 is 12.4 Å². The monoisotopic (exact) mass is 151 g/mol. The van der Waals surface area contributed by atoms with Crippen molar-refractivity contribution in [1.29, 1.82) is 0 Å². The second-order valence-electron chi connectivity index (χ2n) is 2.26. The smallest absolute Gasteiger partial charge is 0.00746 e. The van der Waals surface area contributed by atoms with Gasteiger partial charge in [-0.25, -0.2) is 0 Å². The normalized spacial score (nSPS) is 9.33. The number of halogens is 1. The lowest BCUT2D eigenvalue weighted by atomic mass is 10.00. The van der Waals surface area contributed by atoms with Gasteiger partial charge in [0.05, 0.1) is 0 Å². The van der Waals surface area contributed by atoms with E-state index in [0.717, 1.165) is 12.5 Å². The lowest BCUT2D eigenvalue weighted by molar-refractivity contribution is 0.463. The van der Waals surface area contributed by atoms with Gasteiger partial charge in [0.1, 0.15) is 0 Å². The van der Waals surface area contributed by atoms with Crippen LogP contribution in [0.2, 0.25) is 0 Å². The van der Waals surface area contributed by atoms with Gasteiger partial charge in [0.25, 0.3) is 0 Å². The SMILES string of the molecule is CCC(CC)CCN.Cl. The summed E-state index contributed by atoms with van der Waals surface area (Å²) in [5.41, 5.74) is 5.38. The van der Waals surface area contributed by atoms with Crippen LogP contribution in [-0.2, 0) is 0 Å². The first kappa shape index (κ1) is 12.0. The predicted molar refractivity (Wildman–Crippen MR) is 45.0 cm³/mol. The van der Waals surface area contributed by atoms with Crippen molar-refractivity contribution in [1.82, 2.24) is 0 Å². The zero-order valence-corrected chi connectivity index (χ0v) is 7.21. The Morgan fingerprint density at radius 2 is 1.67 bits per heavy atom. The van der Waals surface area contributed by atoms with Gasteiger partial charge in [-0.1, -0.05) is 26.7 Å². The van der Waals surface area contributed by atoms with E-state index in [1.165, 1.54) is 19.3 Å². The van der Waals surface area contributed by atoms with Crippen LogP contribution in [0.15, 0.2) is 0 Å². The molecule has 0 aliphatic rings. The molecular formula is C7H18ClN. The van der Waals surface area contributed by atoms with Gasteiger partial charge in [-0.2, -0.15) is 0 Å². The summed E-state index contributed by atoms with van der Waals surface area (Å²) >= 11 is 0. The summed E-state index contributed by atoms with van der Waals surface area (Å²) in [6.45, 7) is 5.31. The van der Waals surface area contributed by atoms with Crippen LogP contribution < -0.4 is 5.73 Å². The zero-order valence-electron chi connectivity index (χ0n) is 6.39. The summed E-state index contributed by atoms with van der Waals surface area (Å²) in [5, 5.41) is 0. The van der Waals surface area contributed by atoms with E-state index < -0.39 is 0 Å². The third-order valence-electron chi connectivity index (χ3n) is 1.73. The van der Waals surface area contributed by atoms with E-state index in [0.29, 0.717) is 0 Å². The highest BCUT2D eigenvalue weighted by Crippen LogP contribution is 2.09. The molecular weight excluding hydrogens is 134 g/mol. The molecule has 0 unspecified atom stereocenters. The second kappa shape index (κ2) is 8.25. The molecule has 0 aromatic carbocycles. The van der Waals surface area contributed by atoms with Gasteiger partial charge < -0.3 is 5.73 Å². The Kier molecular flexibility index (Phi) is 11.0. The van der Waals surface area contributed by atoms with Crippen LogP contribution in [-0.4, -0.2) is 6.54 Å². The first-order chi connectivity index (χ1) is 3.85. The van der Waals surface area contributed by atoms with Crippen LogP contribution in [0.1, 0.15) is 33.1 Å². The van der Waals surface area contributed by atoms with Crippen LogP contribution in [0, 0.1) is 5.92 Å². The van der Waals surface area contributed by atoms with Gasteiger partial charge in [0.2, 0.25) is 0 Å². The quantitative estimate of drug-likeness (QED) is 0.655. The summed E-state index contributed by atoms with van der Waals surface area (Å²) in [6.07, 6.45) is 3.77. The van der Waals surface area contributed by atoms with E-state index in [-0.39, 0.29) is 12.4 Å². The molecule has 1 nitrogen and oxygen atoms in total. The molecule has 0 bridgehead atoms. The minimum Gasteiger partial charge on any atom is -0.330 e. The van der Waals surface area contributed by atoms with Crippen LogP contribution in [0.4, 0.5) is 0 Å². The van der Waals surface area contributed by atoms with Crippen molar-refractivity contribution in [3.05, 3.63) is 0 Å². The van der Waals surface area contributed by atoms with Gasteiger partial charge in [0, 0.05) is 0 Å². The molecule has 2 N–H and O–H groups in total. The molecule has 0 rings (SSSR count). The van der Waals surface area contributed by atoms with Gasteiger partial charge in [-0.15, -0.1) is 12.4 Å². The first-order valence-electron chi connectivity index (χ1n) is 3.55. The Morgan fingerprint density at radius 1 is 1.22 bits per heavy atom. The second-order valence-corrected chi connectivity index (χ2v) is 2.26. The van der Waals surface area contributed by atoms with Crippen LogP contribution in [0.25, 0.3) is 0 Å². The maximum atomic E-state index is 5.38. The largest absolute Gasteiger partial charge is 0.330 e. The first-order valence-corrected chi connectivity index (χ1v) is 3.55. The highest BCUT2D eigenvalue weighted by atomic mass is 35.5. The van der Waals surface area contributed by atoms with Gasteiger partial charge in [0.15, 0.2) is 0 Å².